The van der Waals surface area contributed by atoms with Crippen LogP contribution in [0.5, 0.6) is 5.88 Å². The summed E-state index contributed by atoms with van der Waals surface area (Å²) in [4.78, 5) is 40.8. The van der Waals surface area contributed by atoms with Crippen LogP contribution in [0.4, 0.5) is 4.79 Å². The molecule has 0 bridgehead atoms. The highest BCUT2D eigenvalue weighted by Gasteiger charge is 2.24. The number of ether oxygens (including phenoxy) is 2. The highest BCUT2D eigenvalue weighted by atomic mass is 16.6. The van der Waals surface area contributed by atoms with Crippen LogP contribution >= 0.6 is 0 Å². The second kappa shape index (κ2) is 12.8. The number of aromatic carboxylic acids is 1. The third-order valence-corrected chi connectivity index (χ3v) is 6.07. The molecule has 220 valence electrons. The Hall–Kier alpha value is -4.41. The number of nitrogens with one attached hydrogen (secondary N) is 1. The van der Waals surface area contributed by atoms with Gasteiger partial charge in [0.05, 0.1) is 0 Å². The first-order valence-electron chi connectivity index (χ1n) is 13.4. The van der Waals surface area contributed by atoms with Crippen LogP contribution in [0.25, 0.3) is 11.1 Å². The van der Waals surface area contributed by atoms with Crippen molar-refractivity contribution in [2.75, 3.05) is 0 Å². The van der Waals surface area contributed by atoms with Gasteiger partial charge in [0.25, 0.3) is 0 Å². The third-order valence-electron chi connectivity index (χ3n) is 6.07. The Kier molecular flexibility index (Phi) is 9.75. The van der Waals surface area contributed by atoms with Gasteiger partial charge in [0.1, 0.15) is 24.3 Å². The summed E-state index contributed by atoms with van der Waals surface area (Å²) >= 11 is 0. The molecule has 0 spiro atoms. The molecule has 2 aromatic heterocycles. The number of carboxylic acids is 1. The molecule has 0 fully saturated rings. The molecule has 0 aliphatic carbocycles. The number of pyridine rings is 1. The van der Waals surface area contributed by atoms with Crippen LogP contribution in [0, 0.1) is 19.8 Å². The number of nitrogens with zero attached hydrogens (tertiary/aromatic N) is 3. The molecule has 2 heterocycles. The molecule has 0 saturated carbocycles. The number of carboxylic acid groups (broad SMARTS) is 1. The van der Waals surface area contributed by atoms with E-state index in [0.29, 0.717) is 23.6 Å². The first-order chi connectivity index (χ1) is 19.1. The summed E-state index contributed by atoms with van der Waals surface area (Å²) in [7, 11) is 0. The van der Waals surface area contributed by atoms with Crippen molar-refractivity contribution >= 4 is 18.0 Å². The quantitative estimate of drug-likeness (QED) is 0.305. The van der Waals surface area contributed by atoms with Gasteiger partial charge in [-0.05, 0) is 58.1 Å². The predicted octanol–water partition coefficient (Wildman–Crippen LogP) is 4.55. The lowest BCUT2D eigenvalue weighted by atomic mass is 9.90. The highest BCUT2D eigenvalue weighted by Crippen LogP contribution is 2.34. The molecule has 0 aliphatic rings. The minimum Gasteiger partial charge on any atom is -0.477 e. The molecule has 41 heavy (non-hydrogen) atoms. The number of alkyl carbamates (subject to hydrolysis) is 1. The Bertz CT molecular complexity index is 1420. The van der Waals surface area contributed by atoms with Gasteiger partial charge in [-0.3, -0.25) is 14.5 Å². The van der Waals surface area contributed by atoms with Gasteiger partial charge < -0.3 is 25.6 Å². The van der Waals surface area contributed by atoms with Crippen LogP contribution in [0.15, 0.2) is 30.5 Å². The first-order valence-corrected chi connectivity index (χ1v) is 13.4. The smallest absolute Gasteiger partial charge is 0.407 e. The summed E-state index contributed by atoms with van der Waals surface area (Å²) in [6.45, 7) is 13.3. The second-order valence-corrected chi connectivity index (χ2v) is 11.4. The minimum atomic E-state index is -1.25. The van der Waals surface area contributed by atoms with E-state index in [9.17, 15) is 19.5 Å². The lowest BCUT2D eigenvalue weighted by Crippen LogP contribution is -2.32. The van der Waals surface area contributed by atoms with E-state index < -0.39 is 23.6 Å². The van der Waals surface area contributed by atoms with Crippen molar-refractivity contribution < 1.29 is 29.0 Å². The Morgan fingerprint density at radius 1 is 1.10 bits per heavy atom. The fourth-order valence-electron chi connectivity index (χ4n) is 4.35. The molecule has 1 aromatic carbocycles. The van der Waals surface area contributed by atoms with Gasteiger partial charge in [0.15, 0.2) is 0 Å². The molecule has 11 nitrogen and oxygen atoms in total. The normalized spacial score (nSPS) is 11.4. The summed E-state index contributed by atoms with van der Waals surface area (Å²) in [6.07, 6.45) is 1.33. The number of amides is 2. The number of rotatable bonds is 11. The second-order valence-electron chi connectivity index (χ2n) is 11.4. The van der Waals surface area contributed by atoms with Gasteiger partial charge in [-0.15, -0.1) is 5.10 Å². The van der Waals surface area contributed by atoms with Crippen molar-refractivity contribution in [2.24, 2.45) is 11.7 Å². The van der Waals surface area contributed by atoms with Crippen LogP contribution in [0.3, 0.4) is 0 Å². The number of aromatic nitrogens is 3. The van der Waals surface area contributed by atoms with E-state index in [-0.39, 0.29) is 31.1 Å². The molecule has 0 radical (unpaired) electrons. The zero-order chi connectivity index (χ0) is 30.5. The molecular weight excluding hydrogens is 526 g/mol. The fraction of sp³-hybridized carbons (Fsp3) is 0.433. The number of benzene rings is 1. The molecule has 0 aliphatic heterocycles. The number of carbonyl (C=O) groups is 3. The summed E-state index contributed by atoms with van der Waals surface area (Å²) in [5, 5.41) is 16.7. The minimum absolute atomic E-state index is 0.0582. The maximum atomic E-state index is 12.6. The zero-order valence-corrected chi connectivity index (χ0v) is 24.7. The largest absolute Gasteiger partial charge is 0.477 e. The summed E-state index contributed by atoms with van der Waals surface area (Å²) in [5.74, 6) is -1.77. The Labute approximate surface area is 240 Å². The van der Waals surface area contributed by atoms with Crippen LogP contribution in [-0.2, 0) is 35.6 Å². The average Bonchev–Trinajstić information content (AvgIpc) is 3.23. The molecule has 0 unspecified atom stereocenters. The van der Waals surface area contributed by atoms with Gasteiger partial charge in [-0.1, -0.05) is 43.7 Å². The fourth-order valence-corrected chi connectivity index (χ4v) is 4.35. The number of hydrogen-bond acceptors (Lipinski definition) is 7. The maximum absolute atomic E-state index is 12.6. The number of aryl methyl sites for hydroxylation is 2. The highest BCUT2D eigenvalue weighted by molar-refractivity contribution is 5.90. The van der Waals surface area contributed by atoms with Gasteiger partial charge in [0.2, 0.25) is 11.8 Å². The van der Waals surface area contributed by atoms with Crippen LogP contribution < -0.4 is 15.8 Å². The topological polar surface area (TPSA) is 159 Å². The predicted molar refractivity (Wildman–Crippen MR) is 153 cm³/mol. The molecule has 4 N–H and O–H groups in total. The van der Waals surface area contributed by atoms with E-state index in [0.717, 1.165) is 32.6 Å². The Morgan fingerprint density at radius 2 is 1.76 bits per heavy atom. The number of nitrogens with two attached hydrogens (primary N) is 1. The molecule has 11 heteroatoms. The van der Waals surface area contributed by atoms with Gasteiger partial charge in [-0.25, -0.2) is 9.59 Å². The standard InChI is InChI=1S/C30H39N5O6/c1-17(2)12-24-21(13-32-29(39)41-30(5,6)7)26(20-10-8-18(3)9-11-20)23(19(4)33-24)16-40-27-22(28(37)38)14-35(34-27)15-25(31)36/h8-11,14,17H,12-13,15-16H2,1-7H3,(H2,31,36)(H,32,39)(H,37,38). The van der Waals surface area contributed by atoms with Gasteiger partial charge >= 0.3 is 12.1 Å². The van der Waals surface area contributed by atoms with E-state index in [1.165, 1.54) is 6.20 Å². The molecular formula is C30H39N5O6. The lowest BCUT2D eigenvalue weighted by Gasteiger charge is -2.23. The van der Waals surface area contributed by atoms with Crippen molar-refractivity contribution in [3.63, 3.8) is 0 Å². The molecule has 0 saturated heterocycles. The third kappa shape index (κ3) is 8.54. The summed E-state index contributed by atoms with van der Waals surface area (Å²) in [6, 6.07) is 7.98. The Balaban J connectivity index is 2.13. The van der Waals surface area contributed by atoms with Crippen molar-refractivity contribution in [2.45, 2.75) is 80.2 Å². The van der Waals surface area contributed by atoms with Crippen molar-refractivity contribution in [3.8, 4) is 17.0 Å². The number of carbonyl (C=O) groups excluding carboxylic acids is 2. The number of primary amides is 1. The van der Waals surface area contributed by atoms with Gasteiger partial charge in [0, 0.05) is 35.3 Å². The van der Waals surface area contributed by atoms with Crippen molar-refractivity contribution in [3.05, 3.63) is 64.1 Å². The SMILES string of the molecule is Cc1ccc(-c2c(COc3nn(CC(N)=O)cc3C(=O)O)c(C)nc(CC(C)C)c2CNC(=O)OC(C)(C)C)cc1. The van der Waals surface area contributed by atoms with Gasteiger partial charge in [-0.2, -0.15) is 0 Å². The monoisotopic (exact) mass is 565 g/mol. The Morgan fingerprint density at radius 3 is 2.32 bits per heavy atom. The lowest BCUT2D eigenvalue weighted by molar-refractivity contribution is -0.118. The van der Waals surface area contributed by atoms with Crippen LogP contribution in [-0.4, -0.2) is 43.4 Å². The molecule has 3 rings (SSSR count). The molecule has 2 amide bonds. The zero-order valence-electron chi connectivity index (χ0n) is 24.7. The van der Waals surface area contributed by atoms with E-state index >= 15 is 0 Å². The van der Waals surface area contributed by atoms with Crippen molar-refractivity contribution in [1.29, 1.82) is 0 Å². The van der Waals surface area contributed by atoms with E-state index in [1.807, 2.05) is 38.1 Å². The van der Waals surface area contributed by atoms with Crippen molar-refractivity contribution in [1.82, 2.24) is 20.1 Å². The molecule has 3 aromatic rings. The van der Waals surface area contributed by atoms with E-state index in [2.05, 4.69) is 24.3 Å². The molecule has 0 atom stereocenters. The maximum Gasteiger partial charge on any atom is 0.407 e. The first kappa shape index (κ1) is 31.1. The number of hydrogen-bond donors (Lipinski definition) is 3. The van der Waals surface area contributed by atoms with Crippen LogP contribution in [0.1, 0.15) is 73.1 Å². The summed E-state index contributed by atoms with van der Waals surface area (Å²) < 4.78 is 12.6. The average molecular weight is 566 g/mol. The van der Waals surface area contributed by atoms with E-state index in [1.54, 1.807) is 20.8 Å². The van der Waals surface area contributed by atoms with Crippen LogP contribution in [0.2, 0.25) is 0 Å². The van der Waals surface area contributed by atoms with E-state index in [4.69, 9.17) is 20.2 Å². The summed E-state index contributed by atoms with van der Waals surface area (Å²) in [5.41, 5.74) is 10.3.